The second kappa shape index (κ2) is 10.9. The Morgan fingerprint density at radius 1 is 0.970 bits per heavy atom. The smallest absolute Gasteiger partial charge is 0.407 e. The molecule has 2 aromatic rings. The maximum absolute atomic E-state index is 12.7. The number of alkyl carbamates (subject to hydrolysis) is 1. The Hall–Kier alpha value is -3.43. The topological polar surface area (TPSA) is 123 Å². The second-order valence-electron chi connectivity index (χ2n) is 7.74. The van der Waals surface area contributed by atoms with Gasteiger partial charge >= 0.3 is 12.1 Å². The number of benzene rings is 2. The fraction of sp³-hybridized carbons (Fsp3) is 0.375. The van der Waals surface area contributed by atoms with Crippen LogP contribution in [0.25, 0.3) is 11.1 Å². The standard InChI is InChI=1S/C24H28N2O7/c1-14(32-3)21(22(27)25-20(13-31-2)23(28)29)26-24(30)33-12-19-17-10-6-4-8-15(17)16-9-5-7-11-18(16)19/h4-11,14,19-21H,12-13H2,1-3H3,(H,25,27)(H,26,30)(H,28,29)/t14?,20-,21?/m0/s1. The lowest BCUT2D eigenvalue weighted by Gasteiger charge is -2.25. The minimum Gasteiger partial charge on any atom is -0.480 e. The molecule has 3 rings (SSSR count). The van der Waals surface area contributed by atoms with Crippen LogP contribution >= 0.6 is 0 Å². The molecule has 3 N–H and O–H groups in total. The molecule has 176 valence electrons. The number of hydrogen-bond donors (Lipinski definition) is 3. The first-order valence-electron chi connectivity index (χ1n) is 10.5. The average Bonchev–Trinajstić information content (AvgIpc) is 3.14. The Morgan fingerprint density at radius 2 is 1.55 bits per heavy atom. The van der Waals surface area contributed by atoms with Gasteiger partial charge in [-0.2, -0.15) is 0 Å². The van der Waals surface area contributed by atoms with E-state index in [1.807, 2.05) is 48.5 Å². The quantitative estimate of drug-likeness (QED) is 0.501. The van der Waals surface area contributed by atoms with Crippen LogP contribution in [0.5, 0.6) is 0 Å². The molecule has 0 aromatic heterocycles. The number of ether oxygens (including phenoxy) is 3. The Morgan fingerprint density at radius 3 is 2.06 bits per heavy atom. The Bertz CT molecular complexity index is 964. The van der Waals surface area contributed by atoms with Gasteiger partial charge in [-0.15, -0.1) is 0 Å². The molecule has 3 atom stereocenters. The summed E-state index contributed by atoms with van der Waals surface area (Å²) in [5.74, 6) is -2.11. The van der Waals surface area contributed by atoms with Gasteiger partial charge in [0.15, 0.2) is 6.04 Å². The van der Waals surface area contributed by atoms with Crippen LogP contribution in [-0.4, -0.2) is 68.7 Å². The SMILES string of the molecule is COC[C@H](NC(=O)C(NC(=O)OCC1c2ccccc2-c2ccccc21)C(C)OC)C(=O)O. The molecule has 9 nitrogen and oxygen atoms in total. The third-order valence-electron chi connectivity index (χ3n) is 5.69. The molecule has 9 heteroatoms. The van der Waals surface area contributed by atoms with E-state index in [0.717, 1.165) is 22.3 Å². The molecule has 2 amide bonds. The van der Waals surface area contributed by atoms with Crippen molar-refractivity contribution in [2.75, 3.05) is 27.4 Å². The number of rotatable bonds is 10. The van der Waals surface area contributed by atoms with Crippen molar-refractivity contribution in [3.8, 4) is 11.1 Å². The van der Waals surface area contributed by atoms with Gasteiger partial charge in [-0.05, 0) is 29.2 Å². The highest BCUT2D eigenvalue weighted by atomic mass is 16.5. The molecule has 1 aliphatic rings. The van der Waals surface area contributed by atoms with Gasteiger partial charge < -0.3 is 30.0 Å². The summed E-state index contributed by atoms with van der Waals surface area (Å²) < 4.78 is 15.5. The third-order valence-corrected chi connectivity index (χ3v) is 5.69. The predicted octanol–water partition coefficient (Wildman–Crippen LogP) is 2.14. The van der Waals surface area contributed by atoms with Crippen molar-refractivity contribution in [3.63, 3.8) is 0 Å². The van der Waals surface area contributed by atoms with Crippen molar-refractivity contribution < 1.29 is 33.7 Å². The van der Waals surface area contributed by atoms with Gasteiger partial charge in [-0.1, -0.05) is 48.5 Å². The van der Waals surface area contributed by atoms with Crippen molar-refractivity contribution in [1.82, 2.24) is 10.6 Å². The minimum atomic E-state index is -1.27. The van der Waals surface area contributed by atoms with E-state index in [9.17, 15) is 19.5 Å². The molecular formula is C24H28N2O7. The number of aliphatic carboxylic acids is 1. The third kappa shape index (κ3) is 5.50. The molecule has 0 saturated carbocycles. The molecule has 0 fully saturated rings. The average molecular weight is 456 g/mol. The number of amides is 2. The van der Waals surface area contributed by atoms with Crippen LogP contribution in [0.4, 0.5) is 4.79 Å². The van der Waals surface area contributed by atoms with Gasteiger partial charge in [0.1, 0.15) is 12.6 Å². The summed E-state index contributed by atoms with van der Waals surface area (Å²) in [7, 11) is 2.71. The molecule has 0 saturated heterocycles. The predicted molar refractivity (Wildman–Crippen MR) is 120 cm³/mol. The normalized spacial score (nSPS) is 15.0. The molecule has 0 spiro atoms. The van der Waals surface area contributed by atoms with E-state index in [-0.39, 0.29) is 19.1 Å². The van der Waals surface area contributed by atoms with Gasteiger partial charge in [0, 0.05) is 20.1 Å². The molecule has 0 radical (unpaired) electrons. The Labute approximate surface area is 192 Å². The Kier molecular flexibility index (Phi) is 8.02. The summed E-state index contributed by atoms with van der Waals surface area (Å²) in [5, 5.41) is 14.1. The molecule has 0 heterocycles. The van der Waals surface area contributed by atoms with Crippen LogP contribution in [0.3, 0.4) is 0 Å². The van der Waals surface area contributed by atoms with Crippen molar-refractivity contribution in [2.45, 2.75) is 31.0 Å². The zero-order valence-corrected chi connectivity index (χ0v) is 18.7. The lowest BCUT2D eigenvalue weighted by molar-refractivity contribution is -0.144. The van der Waals surface area contributed by atoms with E-state index in [2.05, 4.69) is 10.6 Å². The zero-order chi connectivity index (χ0) is 24.0. The van der Waals surface area contributed by atoms with Crippen LogP contribution in [0.15, 0.2) is 48.5 Å². The van der Waals surface area contributed by atoms with E-state index in [0.29, 0.717) is 0 Å². The highest BCUT2D eigenvalue weighted by Crippen LogP contribution is 2.44. The summed E-state index contributed by atoms with van der Waals surface area (Å²) in [6.45, 7) is 1.44. The highest BCUT2D eigenvalue weighted by Gasteiger charge is 2.33. The molecule has 2 aromatic carbocycles. The summed E-state index contributed by atoms with van der Waals surface area (Å²) in [4.78, 5) is 36.6. The van der Waals surface area contributed by atoms with Gasteiger partial charge in [-0.3, -0.25) is 4.79 Å². The number of carboxylic acid groups (broad SMARTS) is 1. The first-order valence-corrected chi connectivity index (χ1v) is 10.5. The maximum atomic E-state index is 12.7. The van der Waals surface area contributed by atoms with E-state index in [4.69, 9.17) is 14.2 Å². The molecule has 0 bridgehead atoms. The lowest BCUT2D eigenvalue weighted by Crippen LogP contribution is -2.57. The van der Waals surface area contributed by atoms with Crippen LogP contribution in [0, 0.1) is 0 Å². The number of carbonyl (C=O) groups is 3. The summed E-state index contributed by atoms with van der Waals surface area (Å²) in [6.07, 6.45) is -1.54. The number of hydrogen-bond acceptors (Lipinski definition) is 6. The van der Waals surface area contributed by atoms with E-state index < -0.39 is 36.2 Å². The molecular weight excluding hydrogens is 428 g/mol. The molecule has 33 heavy (non-hydrogen) atoms. The van der Waals surface area contributed by atoms with Crippen molar-refractivity contribution in [1.29, 1.82) is 0 Å². The van der Waals surface area contributed by atoms with Gasteiger partial charge in [0.05, 0.1) is 12.7 Å². The van der Waals surface area contributed by atoms with Crippen molar-refractivity contribution in [3.05, 3.63) is 59.7 Å². The van der Waals surface area contributed by atoms with E-state index >= 15 is 0 Å². The fourth-order valence-electron chi connectivity index (χ4n) is 3.90. The molecule has 1 aliphatic carbocycles. The number of nitrogens with one attached hydrogen (secondary N) is 2. The Balaban J connectivity index is 1.68. The first-order chi connectivity index (χ1) is 15.9. The monoisotopic (exact) mass is 456 g/mol. The number of methoxy groups -OCH3 is 2. The van der Waals surface area contributed by atoms with E-state index in [1.54, 1.807) is 6.92 Å². The zero-order valence-electron chi connectivity index (χ0n) is 18.7. The summed E-state index contributed by atoms with van der Waals surface area (Å²) in [6, 6.07) is 13.5. The number of carboxylic acids is 1. The second-order valence-corrected chi connectivity index (χ2v) is 7.74. The maximum Gasteiger partial charge on any atom is 0.407 e. The summed E-state index contributed by atoms with van der Waals surface area (Å²) in [5.41, 5.74) is 4.33. The number of carbonyl (C=O) groups excluding carboxylic acids is 2. The summed E-state index contributed by atoms with van der Waals surface area (Å²) >= 11 is 0. The molecule has 2 unspecified atom stereocenters. The fourth-order valence-corrected chi connectivity index (χ4v) is 3.90. The van der Waals surface area contributed by atoms with Gasteiger partial charge in [-0.25, -0.2) is 9.59 Å². The molecule has 0 aliphatic heterocycles. The van der Waals surface area contributed by atoms with Crippen molar-refractivity contribution in [2.24, 2.45) is 0 Å². The first kappa shape index (κ1) is 24.2. The van der Waals surface area contributed by atoms with Crippen LogP contribution in [-0.2, 0) is 23.8 Å². The van der Waals surface area contributed by atoms with Crippen LogP contribution in [0.1, 0.15) is 24.0 Å². The van der Waals surface area contributed by atoms with Crippen molar-refractivity contribution >= 4 is 18.0 Å². The van der Waals surface area contributed by atoms with Crippen LogP contribution in [0.2, 0.25) is 0 Å². The largest absolute Gasteiger partial charge is 0.480 e. The minimum absolute atomic E-state index is 0.0803. The number of fused-ring (bicyclic) bond motifs is 3. The lowest BCUT2D eigenvalue weighted by atomic mass is 9.98. The highest BCUT2D eigenvalue weighted by molar-refractivity contribution is 5.89. The van der Waals surface area contributed by atoms with Crippen LogP contribution < -0.4 is 10.6 Å². The van der Waals surface area contributed by atoms with Gasteiger partial charge in [0.25, 0.3) is 0 Å². The van der Waals surface area contributed by atoms with Gasteiger partial charge in [0.2, 0.25) is 5.91 Å². The van der Waals surface area contributed by atoms with E-state index in [1.165, 1.54) is 14.2 Å².